The first kappa shape index (κ1) is 26.0. The highest BCUT2D eigenvalue weighted by molar-refractivity contribution is 5.75. The number of anilines is 1. The zero-order chi connectivity index (χ0) is 23.1. The molecule has 0 aliphatic heterocycles. The Morgan fingerprint density at radius 1 is 1.03 bits per heavy atom. The molecule has 164 valence electrons. The van der Waals surface area contributed by atoms with Crippen molar-refractivity contribution in [2.24, 2.45) is 0 Å². The van der Waals surface area contributed by atoms with Crippen LogP contribution >= 0.6 is 0 Å². The van der Waals surface area contributed by atoms with Gasteiger partial charge in [0, 0.05) is 11.7 Å². The van der Waals surface area contributed by atoms with Crippen LogP contribution < -0.4 is 5.32 Å². The average Bonchev–Trinajstić information content (AvgIpc) is 2.78. The van der Waals surface area contributed by atoms with Gasteiger partial charge >= 0.3 is 0 Å². The standard InChI is InChI=1S/C27H33N.C3H6/c1-6-9-10-13-23-14-11-17-27(19-23)28-22(5)25-15-12-16-26(20-25)24(8-3)18-21(4)7-2;1-3-2/h6-8,11-12,14-20,22,28H,1-2,9-10,13H2,3-5H3;3H,1H2,2H3/b21-18-,24-8+;. The second kappa shape index (κ2) is 14.8. The predicted molar refractivity (Wildman–Crippen MR) is 142 cm³/mol. The maximum absolute atomic E-state index is 3.85. The lowest BCUT2D eigenvalue weighted by molar-refractivity contribution is 0.842. The summed E-state index contributed by atoms with van der Waals surface area (Å²) in [4.78, 5) is 0. The smallest absolute Gasteiger partial charge is 0.0485 e. The van der Waals surface area contributed by atoms with Gasteiger partial charge in [-0.05, 0) is 87.4 Å². The SMILES string of the molecule is C=CC.C=CCCCc1cccc(NC(C)c2cccc(C(/C=C(/C)C=C)=C/C)c2)c1. The van der Waals surface area contributed by atoms with E-state index in [2.05, 4.69) is 107 Å². The van der Waals surface area contributed by atoms with Crippen LogP contribution in [0.25, 0.3) is 5.57 Å². The second-order valence-corrected chi connectivity index (χ2v) is 7.62. The second-order valence-electron chi connectivity index (χ2n) is 7.62. The van der Waals surface area contributed by atoms with Gasteiger partial charge in [-0.3, -0.25) is 0 Å². The Morgan fingerprint density at radius 3 is 2.39 bits per heavy atom. The van der Waals surface area contributed by atoms with E-state index in [-0.39, 0.29) is 6.04 Å². The van der Waals surface area contributed by atoms with Gasteiger partial charge in [0.25, 0.3) is 0 Å². The van der Waals surface area contributed by atoms with Crippen molar-refractivity contribution in [1.82, 2.24) is 0 Å². The third-order valence-corrected chi connectivity index (χ3v) is 4.92. The number of hydrogen-bond acceptors (Lipinski definition) is 1. The summed E-state index contributed by atoms with van der Waals surface area (Å²) in [5, 5.41) is 3.65. The molecule has 2 rings (SSSR count). The van der Waals surface area contributed by atoms with Gasteiger partial charge in [-0.2, -0.15) is 0 Å². The highest BCUT2D eigenvalue weighted by atomic mass is 14.9. The normalized spacial score (nSPS) is 12.3. The molecule has 0 heterocycles. The fourth-order valence-corrected chi connectivity index (χ4v) is 3.23. The van der Waals surface area contributed by atoms with E-state index >= 15 is 0 Å². The molecule has 1 atom stereocenters. The van der Waals surface area contributed by atoms with Gasteiger partial charge in [-0.15, -0.1) is 13.2 Å². The number of unbranched alkanes of at least 4 members (excludes halogenated alkanes) is 1. The molecular formula is C30H39N. The predicted octanol–water partition coefficient (Wildman–Crippen LogP) is 9.10. The van der Waals surface area contributed by atoms with Crippen LogP contribution in [0.1, 0.15) is 63.3 Å². The molecule has 0 bridgehead atoms. The summed E-state index contributed by atoms with van der Waals surface area (Å²) in [6, 6.07) is 17.7. The lowest BCUT2D eigenvalue weighted by Crippen LogP contribution is -2.07. The van der Waals surface area contributed by atoms with Crippen LogP contribution in [0.3, 0.4) is 0 Å². The molecule has 0 spiro atoms. The maximum atomic E-state index is 3.85. The number of benzene rings is 2. The first-order valence-corrected chi connectivity index (χ1v) is 11.1. The molecule has 0 aliphatic rings. The van der Waals surface area contributed by atoms with Crippen molar-refractivity contribution in [2.75, 3.05) is 5.32 Å². The molecule has 1 nitrogen and oxygen atoms in total. The molecule has 0 fully saturated rings. The van der Waals surface area contributed by atoms with Crippen molar-refractivity contribution in [3.63, 3.8) is 0 Å². The van der Waals surface area contributed by atoms with Crippen molar-refractivity contribution in [3.8, 4) is 0 Å². The van der Waals surface area contributed by atoms with Crippen LogP contribution in [0.4, 0.5) is 5.69 Å². The van der Waals surface area contributed by atoms with Gasteiger partial charge in [0.05, 0.1) is 0 Å². The summed E-state index contributed by atoms with van der Waals surface area (Å²) in [5.41, 5.74) is 7.43. The highest BCUT2D eigenvalue weighted by Crippen LogP contribution is 2.25. The fraction of sp³-hybridized carbons (Fsp3) is 0.267. The number of nitrogens with one attached hydrogen (secondary N) is 1. The molecule has 1 unspecified atom stereocenters. The van der Waals surface area contributed by atoms with Crippen LogP contribution in [0, 0.1) is 0 Å². The first-order valence-electron chi connectivity index (χ1n) is 11.1. The molecule has 0 aromatic heterocycles. The van der Waals surface area contributed by atoms with E-state index in [0.717, 1.165) is 24.8 Å². The van der Waals surface area contributed by atoms with Crippen molar-refractivity contribution < 1.29 is 0 Å². The largest absolute Gasteiger partial charge is 0.379 e. The summed E-state index contributed by atoms with van der Waals surface area (Å²) in [7, 11) is 0. The molecule has 0 saturated heterocycles. The van der Waals surface area contributed by atoms with E-state index in [1.54, 1.807) is 6.08 Å². The number of hydrogen-bond donors (Lipinski definition) is 1. The van der Waals surface area contributed by atoms with Crippen LogP contribution in [-0.4, -0.2) is 0 Å². The molecule has 1 heteroatoms. The summed E-state index contributed by atoms with van der Waals surface area (Å²) in [5.74, 6) is 0. The fourth-order valence-electron chi connectivity index (χ4n) is 3.23. The zero-order valence-electron chi connectivity index (χ0n) is 19.8. The molecular weight excluding hydrogens is 374 g/mol. The minimum absolute atomic E-state index is 0.228. The maximum Gasteiger partial charge on any atom is 0.0485 e. The monoisotopic (exact) mass is 413 g/mol. The van der Waals surface area contributed by atoms with E-state index in [1.165, 1.54) is 28.0 Å². The van der Waals surface area contributed by atoms with E-state index in [9.17, 15) is 0 Å². The topological polar surface area (TPSA) is 12.0 Å². The Balaban J connectivity index is 0.00000151. The number of rotatable bonds is 10. The molecule has 2 aromatic carbocycles. The summed E-state index contributed by atoms with van der Waals surface area (Å²) >= 11 is 0. The minimum Gasteiger partial charge on any atom is -0.379 e. The number of allylic oxidation sites excluding steroid dienone is 7. The Bertz CT molecular complexity index is 898. The van der Waals surface area contributed by atoms with Crippen molar-refractivity contribution in [2.45, 2.75) is 53.0 Å². The van der Waals surface area contributed by atoms with Gasteiger partial charge in [-0.25, -0.2) is 0 Å². The van der Waals surface area contributed by atoms with Gasteiger partial charge < -0.3 is 5.32 Å². The molecule has 0 saturated carbocycles. The molecule has 0 radical (unpaired) electrons. The van der Waals surface area contributed by atoms with Crippen LogP contribution in [0.2, 0.25) is 0 Å². The van der Waals surface area contributed by atoms with Crippen molar-refractivity contribution >= 4 is 11.3 Å². The Kier molecular flexibility index (Phi) is 12.4. The highest BCUT2D eigenvalue weighted by Gasteiger charge is 2.08. The molecule has 0 aliphatic carbocycles. The average molecular weight is 414 g/mol. The number of aryl methyl sites for hydroxylation is 1. The van der Waals surface area contributed by atoms with Crippen LogP contribution in [0.15, 0.2) is 104 Å². The van der Waals surface area contributed by atoms with Gasteiger partial charge in [0.2, 0.25) is 0 Å². The summed E-state index contributed by atoms with van der Waals surface area (Å²) in [6.45, 7) is 19.3. The van der Waals surface area contributed by atoms with Gasteiger partial charge in [-0.1, -0.05) is 72.9 Å². The quantitative estimate of drug-likeness (QED) is 0.233. The molecule has 2 aromatic rings. The Hall–Kier alpha value is -3.06. The van der Waals surface area contributed by atoms with E-state index in [0.29, 0.717) is 0 Å². The van der Waals surface area contributed by atoms with E-state index < -0.39 is 0 Å². The lowest BCUT2D eigenvalue weighted by atomic mass is 9.98. The Labute approximate surface area is 190 Å². The lowest BCUT2D eigenvalue weighted by Gasteiger charge is -2.18. The van der Waals surface area contributed by atoms with Gasteiger partial charge in [0.1, 0.15) is 0 Å². The molecule has 31 heavy (non-hydrogen) atoms. The van der Waals surface area contributed by atoms with Crippen molar-refractivity contribution in [1.29, 1.82) is 0 Å². The summed E-state index contributed by atoms with van der Waals surface area (Å²) in [6.07, 6.45) is 13.3. The van der Waals surface area contributed by atoms with E-state index in [1.807, 2.05) is 19.1 Å². The van der Waals surface area contributed by atoms with Crippen LogP contribution in [-0.2, 0) is 6.42 Å². The third kappa shape index (κ3) is 9.53. The zero-order valence-corrected chi connectivity index (χ0v) is 19.8. The third-order valence-electron chi connectivity index (χ3n) is 4.92. The molecule has 0 amide bonds. The van der Waals surface area contributed by atoms with Gasteiger partial charge in [0.15, 0.2) is 0 Å². The minimum atomic E-state index is 0.228. The van der Waals surface area contributed by atoms with E-state index in [4.69, 9.17) is 0 Å². The first-order chi connectivity index (χ1) is 15.0. The summed E-state index contributed by atoms with van der Waals surface area (Å²) < 4.78 is 0. The van der Waals surface area contributed by atoms with Crippen molar-refractivity contribution in [3.05, 3.63) is 121 Å². The Morgan fingerprint density at radius 2 is 1.74 bits per heavy atom. The van der Waals surface area contributed by atoms with Crippen LogP contribution in [0.5, 0.6) is 0 Å². The molecule has 1 N–H and O–H groups in total.